The first-order valence-corrected chi connectivity index (χ1v) is 13.1. The summed E-state index contributed by atoms with van der Waals surface area (Å²) in [6.07, 6.45) is 2.50. The molecule has 2 aliphatic heterocycles. The predicted molar refractivity (Wildman–Crippen MR) is 148 cm³/mol. The summed E-state index contributed by atoms with van der Waals surface area (Å²) in [5.74, 6) is 1.08. The third kappa shape index (κ3) is 9.41. The minimum Gasteiger partial charge on any atom is -0.394 e. The molecule has 4 rings (SSSR count). The van der Waals surface area contributed by atoms with Gasteiger partial charge in [-0.25, -0.2) is 4.99 Å². The van der Waals surface area contributed by atoms with Crippen molar-refractivity contribution in [3.05, 3.63) is 54.1 Å². The largest absolute Gasteiger partial charge is 0.394 e. The van der Waals surface area contributed by atoms with E-state index in [1.165, 1.54) is 28.2 Å². The van der Waals surface area contributed by atoms with Crippen LogP contribution in [-0.4, -0.2) is 73.3 Å². The summed E-state index contributed by atoms with van der Waals surface area (Å²) >= 11 is 1.80. The van der Waals surface area contributed by atoms with E-state index in [0.717, 1.165) is 44.2 Å². The maximum Gasteiger partial charge on any atom is 0.137 e. The van der Waals surface area contributed by atoms with E-state index in [2.05, 4.69) is 86.0 Å². The molecule has 0 radical (unpaired) electrons. The summed E-state index contributed by atoms with van der Waals surface area (Å²) < 4.78 is 5.40. The molecule has 1 N–H and O–H groups in total. The molecule has 2 heterocycles. The Morgan fingerprint density at radius 3 is 2.09 bits per heavy atom. The number of nitrogens with zero attached hydrogens (tertiary/aromatic N) is 3. The fourth-order valence-electron chi connectivity index (χ4n) is 3.45. The minimum absolute atomic E-state index is 0. The second kappa shape index (κ2) is 17.6. The molecule has 2 aromatic carbocycles. The number of aliphatic hydroxyl groups is 1. The highest BCUT2D eigenvalue weighted by Gasteiger charge is 2.24. The zero-order chi connectivity index (χ0) is 23.9. The molecule has 0 aromatic heterocycles. The van der Waals surface area contributed by atoms with E-state index in [9.17, 15) is 0 Å². The van der Waals surface area contributed by atoms with Gasteiger partial charge in [-0.3, -0.25) is 4.90 Å². The Bertz CT molecular complexity index is 834. The molecule has 190 valence electrons. The zero-order valence-electron chi connectivity index (χ0n) is 20.8. The Morgan fingerprint density at radius 1 is 0.853 bits per heavy atom. The van der Waals surface area contributed by atoms with E-state index < -0.39 is 0 Å². The molecule has 0 spiro atoms. The lowest BCUT2D eigenvalue weighted by molar-refractivity contribution is 0.0652. The number of piperazine rings is 1. The molecule has 0 amide bonds. The lowest BCUT2D eigenvalue weighted by Gasteiger charge is -2.36. The molecule has 0 atom stereocenters. The Morgan fingerprint density at radius 2 is 1.44 bits per heavy atom. The topological polar surface area (TPSA) is 48.3 Å². The summed E-state index contributed by atoms with van der Waals surface area (Å²) in [4.78, 5) is 12.4. The number of fused-ring (bicyclic) bond motifs is 2. The molecule has 0 unspecified atom stereocenters. The van der Waals surface area contributed by atoms with Gasteiger partial charge in [0.25, 0.3) is 0 Å². The molecule has 2 aromatic rings. The highest BCUT2D eigenvalue weighted by atomic mass is 32.2. The highest BCUT2D eigenvalue weighted by molar-refractivity contribution is 7.99. The van der Waals surface area contributed by atoms with Crippen molar-refractivity contribution in [3.8, 4) is 0 Å². The van der Waals surface area contributed by atoms with E-state index in [1.54, 1.807) is 11.8 Å². The lowest BCUT2D eigenvalue weighted by atomic mass is 10.1. The number of ether oxygens (including phenoxy) is 1. The van der Waals surface area contributed by atoms with Gasteiger partial charge in [-0.1, -0.05) is 90.1 Å². The van der Waals surface area contributed by atoms with Gasteiger partial charge in [0.05, 0.1) is 25.5 Å². The molecular formula is C28H45N3O2S. The molecule has 6 heteroatoms. The summed E-state index contributed by atoms with van der Waals surface area (Å²) in [6.45, 7) is 14.5. The number of hydrogen-bond acceptors (Lipinski definition) is 6. The molecule has 1 saturated heterocycles. The fraction of sp³-hybridized carbons (Fsp3) is 0.536. The average Bonchev–Trinajstić information content (AvgIpc) is 3.00. The van der Waals surface area contributed by atoms with Gasteiger partial charge in [-0.2, -0.15) is 0 Å². The molecule has 2 aliphatic rings. The maximum absolute atomic E-state index is 8.79. The van der Waals surface area contributed by atoms with Gasteiger partial charge in [-0.15, -0.1) is 0 Å². The van der Waals surface area contributed by atoms with Crippen LogP contribution in [0, 0.1) is 0 Å². The van der Waals surface area contributed by atoms with Crippen molar-refractivity contribution in [3.63, 3.8) is 0 Å². The number of rotatable bonds is 5. The van der Waals surface area contributed by atoms with Crippen LogP contribution < -0.4 is 0 Å². The van der Waals surface area contributed by atoms with E-state index in [1.807, 2.05) is 0 Å². The molecular weight excluding hydrogens is 442 g/mol. The van der Waals surface area contributed by atoms with Crippen LogP contribution in [0.2, 0.25) is 0 Å². The van der Waals surface area contributed by atoms with Gasteiger partial charge < -0.3 is 14.7 Å². The van der Waals surface area contributed by atoms with Crippen LogP contribution in [0.5, 0.6) is 0 Å². The van der Waals surface area contributed by atoms with E-state index in [0.29, 0.717) is 13.2 Å². The smallest absolute Gasteiger partial charge is 0.137 e. The van der Waals surface area contributed by atoms with Gasteiger partial charge in [0.2, 0.25) is 0 Å². The zero-order valence-corrected chi connectivity index (χ0v) is 21.6. The first-order valence-electron chi connectivity index (χ1n) is 12.3. The Balaban J connectivity index is 0.000000751. The number of aliphatic imine (C=N–C) groups is 1. The third-order valence-corrected chi connectivity index (χ3v) is 6.04. The lowest BCUT2D eigenvalue weighted by Crippen LogP contribution is -2.49. The van der Waals surface area contributed by atoms with Crippen LogP contribution in [0.4, 0.5) is 5.69 Å². The van der Waals surface area contributed by atoms with E-state index >= 15 is 0 Å². The highest BCUT2D eigenvalue weighted by Crippen LogP contribution is 2.40. The van der Waals surface area contributed by atoms with Crippen molar-refractivity contribution < 1.29 is 9.84 Å². The van der Waals surface area contributed by atoms with Crippen LogP contribution in [0.15, 0.2) is 63.3 Å². The molecule has 5 nitrogen and oxygen atoms in total. The van der Waals surface area contributed by atoms with E-state index in [-0.39, 0.29) is 14.0 Å². The van der Waals surface area contributed by atoms with Crippen LogP contribution in [0.3, 0.4) is 0 Å². The summed E-state index contributed by atoms with van der Waals surface area (Å²) in [5, 5.41) is 8.79. The Labute approximate surface area is 212 Å². The van der Waals surface area contributed by atoms with Gasteiger partial charge in [0.15, 0.2) is 0 Å². The van der Waals surface area contributed by atoms with Crippen LogP contribution in [-0.2, 0) is 4.74 Å². The van der Waals surface area contributed by atoms with Gasteiger partial charge in [0, 0.05) is 48.1 Å². The van der Waals surface area contributed by atoms with Crippen molar-refractivity contribution in [2.24, 2.45) is 4.99 Å². The number of para-hydroxylation sites is 1. The normalized spacial score (nSPS) is 14.6. The summed E-state index contributed by atoms with van der Waals surface area (Å²) in [6, 6.07) is 16.9. The van der Waals surface area contributed by atoms with Crippen molar-refractivity contribution in [1.29, 1.82) is 0 Å². The summed E-state index contributed by atoms with van der Waals surface area (Å²) in [7, 11) is 0. The number of benzene rings is 2. The summed E-state index contributed by atoms with van der Waals surface area (Å²) in [5.41, 5.74) is 2.27. The van der Waals surface area contributed by atoms with Gasteiger partial charge >= 0.3 is 0 Å². The van der Waals surface area contributed by atoms with Gasteiger partial charge in [0.1, 0.15) is 5.84 Å². The SMILES string of the molecule is C.CCC.CCC.OCCOCCN1CCN(C2=Nc3ccccc3Sc3ccccc32)CC1. The third-order valence-electron chi connectivity index (χ3n) is 4.90. The molecule has 0 aliphatic carbocycles. The first kappa shape index (κ1) is 30.2. The molecule has 1 fully saturated rings. The van der Waals surface area contributed by atoms with E-state index in [4.69, 9.17) is 14.8 Å². The molecule has 0 bridgehead atoms. The second-order valence-electron chi connectivity index (χ2n) is 8.08. The monoisotopic (exact) mass is 487 g/mol. The van der Waals surface area contributed by atoms with Gasteiger partial charge in [-0.05, 0) is 18.2 Å². The standard InChI is InChI=1S/C21H25N3O2S.2C3H8.CH4/c25-14-16-26-15-13-23-9-11-24(12-10-23)21-17-5-1-3-7-19(17)27-20-8-4-2-6-18(20)22-21;2*1-3-2;/h1-8,25H,9-16H2;2*3H2,1-2H3;1H4. The Kier molecular flexibility index (Phi) is 15.6. The van der Waals surface area contributed by atoms with Crippen molar-refractivity contribution >= 4 is 23.3 Å². The van der Waals surface area contributed by atoms with Crippen LogP contribution in [0.1, 0.15) is 53.5 Å². The van der Waals surface area contributed by atoms with Crippen LogP contribution >= 0.6 is 11.8 Å². The van der Waals surface area contributed by atoms with Crippen molar-refractivity contribution in [2.45, 2.75) is 57.8 Å². The minimum atomic E-state index is 0. The number of aliphatic hydroxyl groups excluding tert-OH is 1. The maximum atomic E-state index is 8.79. The number of amidine groups is 1. The quantitative estimate of drug-likeness (QED) is 0.500. The van der Waals surface area contributed by atoms with Crippen molar-refractivity contribution in [2.75, 3.05) is 52.5 Å². The Hall–Kier alpha value is -1.86. The fourth-order valence-corrected chi connectivity index (χ4v) is 4.47. The predicted octanol–water partition coefficient (Wildman–Crippen LogP) is 6.32. The van der Waals surface area contributed by atoms with Crippen LogP contribution in [0.25, 0.3) is 0 Å². The van der Waals surface area contributed by atoms with Crippen molar-refractivity contribution in [1.82, 2.24) is 9.80 Å². The molecule has 0 saturated carbocycles. The molecule has 34 heavy (non-hydrogen) atoms. The second-order valence-corrected chi connectivity index (χ2v) is 9.16. The number of hydrogen-bond donors (Lipinski definition) is 1. The average molecular weight is 488 g/mol. The first-order chi connectivity index (χ1) is 16.2.